The second-order valence-corrected chi connectivity index (χ2v) is 6.09. The minimum Gasteiger partial charge on any atom is -0.437 e. The van der Waals surface area contributed by atoms with Crippen LogP contribution in [0, 0.1) is 0 Å². The van der Waals surface area contributed by atoms with Crippen molar-refractivity contribution < 1.29 is 9.53 Å². The fourth-order valence-corrected chi connectivity index (χ4v) is 2.75. The normalized spacial score (nSPS) is 14.8. The van der Waals surface area contributed by atoms with Crippen LogP contribution in [0.3, 0.4) is 0 Å². The summed E-state index contributed by atoms with van der Waals surface area (Å²) in [6.07, 6.45) is 8.46. The van der Waals surface area contributed by atoms with Gasteiger partial charge < -0.3 is 9.64 Å². The standard InChI is InChI=1S/C19H19ClN2O2/c20-16-6-2-3-7-17(16)24-18-10-8-15(14-21-18)9-11-19(23)22-12-4-1-5-13-22/h2-3,6-11,14H,1,4-5,12-13H2. The predicted molar refractivity (Wildman–Crippen MR) is 95.2 cm³/mol. The molecule has 4 nitrogen and oxygen atoms in total. The molecule has 0 aliphatic carbocycles. The summed E-state index contributed by atoms with van der Waals surface area (Å²) < 4.78 is 5.64. The van der Waals surface area contributed by atoms with E-state index >= 15 is 0 Å². The Hall–Kier alpha value is -2.33. The molecule has 1 fully saturated rings. The van der Waals surface area contributed by atoms with Crippen LogP contribution >= 0.6 is 11.6 Å². The molecule has 0 spiro atoms. The van der Waals surface area contributed by atoms with E-state index in [0.29, 0.717) is 16.7 Å². The topological polar surface area (TPSA) is 42.4 Å². The van der Waals surface area contributed by atoms with Crippen molar-refractivity contribution in [2.45, 2.75) is 19.3 Å². The Labute approximate surface area is 146 Å². The molecule has 1 aliphatic rings. The van der Waals surface area contributed by atoms with E-state index in [1.807, 2.05) is 23.1 Å². The average Bonchev–Trinajstić information content (AvgIpc) is 2.63. The molecule has 1 aromatic heterocycles. The van der Waals surface area contributed by atoms with Gasteiger partial charge in [0.2, 0.25) is 11.8 Å². The van der Waals surface area contributed by atoms with E-state index in [1.165, 1.54) is 6.42 Å². The summed E-state index contributed by atoms with van der Waals surface area (Å²) in [5, 5.41) is 0.537. The lowest BCUT2D eigenvalue weighted by molar-refractivity contribution is -0.126. The number of amides is 1. The van der Waals surface area contributed by atoms with Crippen LogP contribution in [-0.4, -0.2) is 28.9 Å². The molecule has 0 radical (unpaired) electrons. The molecule has 1 amide bonds. The van der Waals surface area contributed by atoms with Gasteiger partial charge in [0, 0.05) is 31.4 Å². The lowest BCUT2D eigenvalue weighted by Crippen LogP contribution is -2.34. The van der Waals surface area contributed by atoms with E-state index in [4.69, 9.17) is 16.3 Å². The zero-order chi connectivity index (χ0) is 16.8. The molecule has 1 aromatic carbocycles. The number of ether oxygens (including phenoxy) is 1. The highest BCUT2D eigenvalue weighted by atomic mass is 35.5. The molecular weight excluding hydrogens is 324 g/mol. The molecular formula is C19H19ClN2O2. The van der Waals surface area contributed by atoms with Crippen molar-refractivity contribution in [2.75, 3.05) is 13.1 Å². The number of piperidine rings is 1. The number of likely N-dealkylation sites (tertiary alicyclic amines) is 1. The average molecular weight is 343 g/mol. The zero-order valence-corrected chi connectivity index (χ0v) is 14.1. The number of nitrogens with zero attached hydrogens (tertiary/aromatic N) is 2. The highest BCUT2D eigenvalue weighted by molar-refractivity contribution is 6.32. The van der Waals surface area contributed by atoms with Gasteiger partial charge in [-0.25, -0.2) is 4.98 Å². The smallest absolute Gasteiger partial charge is 0.246 e. The number of carbonyl (C=O) groups is 1. The summed E-state index contributed by atoms with van der Waals surface area (Å²) in [5.41, 5.74) is 0.854. The van der Waals surface area contributed by atoms with Crippen molar-refractivity contribution in [3.05, 3.63) is 59.3 Å². The molecule has 0 N–H and O–H groups in total. The van der Waals surface area contributed by atoms with Gasteiger partial charge in [-0.15, -0.1) is 0 Å². The first kappa shape index (κ1) is 16.5. The maximum absolute atomic E-state index is 12.1. The predicted octanol–water partition coefficient (Wildman–Crippen LogP) is 4.55. The van der Waals surface area contributed by atoms with Crippen molar-refractivity contribution >= 4 is 23.6 Å². The number of hydrogen-bond acceptors (Lipinski definition) is 3. The number of hydrogen-bond donors (Lipinski definition) is 0. The van der Waals surface area contributed by atoms with Crippen LogP contribution in [0.15, 0.2) is 48.7 Å². The third-order valence-electron chi connectivity index (χ3n) is 3.90. The zero-order valence-electron chi connectivity index (χ0n) is 13.3. The molecule has 0 bridgehead atoms. The van der Waals surface area contributed by atoms with Gasteiger partial charge in [-0.2, -0.15) is 0 Å². The van der Waals surface area contributed by atoms with Crippen LogP contribution in [0.4, 0.5) is 0 Å². The van der Waals surface area contributed by atoms with Crippen LogP contribution in [0.5, 0.6) is 11.6 Å². The number of aromatic nitrogens is 1. The molecule has 2 aromatic rings. The van der Waals surface area contributed by atoms with Crippen LogP contribution in [0.1, 0.15) is 24.8 Å². The second-order valence-electron chi connectivity index (χ2n) is 5.68. The first-order chi connectivity index (χ1) is 11.7. The molecule has 0 unspecified atom stereocenters. The Morgan fingerprint density at radius 3 is 2.62 bits per heavy atom. The number of pyridine rings is 1. The van der Waals surface area contributed by atoms with Crippen LogP contribution < -0.4 is 4.74 Å². The molecule has 3 rings (SSSR count). The van der Waals surface area contributed by atoms with E-state index in [9.17, 15) is 4.79 Å². The lowest BCUT2D eigenvalue weighted by atomic mass is 10.1. The SMILES string of the molecule is O=C(C=Cc1ccc(Oc2ccccc2Cl)nc1)N1CCCCC1. The van der Waals surface area contributed by atoms with Gasteiger partial charge in [0.05, 0.1) is 5.02 Å². The van der Waals surface area contributed by atoms with E-state index in [2.05, 4.69) is 4.98 Å². The molecule has 0 atom stereocenters. The third-order valence-corrected chi connectivity index (χ3v) is 4.21. The summed E-state index contributed by atoms with van der Waals surface area (Å²) in [4.78, 5) is 18.2. The first-order valence-corrected chi connectivity index (χ1v) is 8.45. The van der Waals surface area contributed by atoms with Crippen LogP contribution in [0.25, 0.3) is 6.08 Å². The monoisotopic (exact) mass is 342 g/mol. The van der Waals surface area contributed by atoms with Gasteiger partial charge in [-0.1, -0.05) is 23.7 Å². The highest BCUT2D eigenvalue weighted by Crippen LogP contribution is 2.27. The minimum absolute atomic E-state index is 0.0612. The molecule has 0 saturated carbocycles. The van der Waals surface area contributed by atoms with Crippen molar-refractivity contribution in [1.29, 1.82) is 0 Å². The summed E-state index contributed by atoms with van der Waals surface area (Å²) in [7, 11) is 0. The van der Waals surface area contributed by atoms with Gasteiger partial charge >= 0.3 is 0 Å². The van der Waals surface area contributed by atoms with Crippen LogP contribution in [0.2, 0.25) is 5.02 Å². The number of rotatable bonds is 4. The Bertz CT molecular complexity index is 722. The Morgan fingerprint density at radius 2 is 1.92 bits per heavy atom. The fraction of sp³-hybridized carbons (Fsp3) is 0.263. The van der Waals surface area contributed by atoms with Crippen molar-refractivity contribution in [2.24, 2.45) is 0 Å². The van der Waals surface area contributed by atoms with E-state index in [1.54, 1.807) is 36.5 Å². The Kier molecular flexibility index (Phi) is 5.49. The summed E-state index contributed by atoms with van der Waals surface area (Å²) in [6.45, 7) is 1.71. The van der Waals surface area contributed by atoms with Crippen molar-refractivity contribution in [1.82, 2.24) is 9.88 Å². The summed E-state index contributed by atoms with van der Waals surface area (Å²) in [6, 6.07) is 10.9. The lowest BCUT2D eigenvalue weighted by Gasteiger charge is -2.25. The van der Waals surface area contributed by atoms with Gasteiger partial charge in [-0.05, 0) is 49.1 Å². The highest BCUT2D eigenvalue weighted by Gasteiger charge is 2.13. The Morgan fingerprint density at radius 1 is 1.12 bits per heavy atom. The quantitative estimate of drug-likeness (QED) is 0.765. The van der Waals surface area contributed by atoms with E-state index in [0.717, 1.165) is 31.5 Å². The summed E-state index contributed by atoms with van der Waals surface area (Å²) >= 11 is 6.06. The van der Waals surface area contributed by atoms with Gasteiger partial charge in [-0.3, -0.25) is 4.79 Å². The maximum atomic E-state index is 12.1. The molecule has 1 saturated heterocycles. The van der Waals surface area contributed by atoms with Gasteiger partial charge in [0.25, 0.3) is 0 Å². The van der Waals surface area contributed by atoms with Crippen LogP contribution in [-0.2, 0) is 4.79 Å². The van der Waals surface area contributed by atoms with Crippen molar-refractivity contribution in [3.8, 4) is 11.6 Å². The van der Waals surface area contributed by atoms with Gasteiger partial charge in [0.15, 0.2) is 0 Å². The molecule has 24 heavy (non-hydrogen) atoms. The van der Waals surface area contributed by atoms with E-state index < -0.39 is 0 Å². The number of carbonyl (C=O) groups excluding carboxylic acids is 1. The molecule has 124 valence electrons. The maximum Gasteiger partial charge on any atom is 0.246 e. The molecule has 2 heterocycles. The number of benzene rings is 1. The molecule has 5 heteroatoms. The second kappa shape index (κ2) is 7.97. The number of para-hydroxylation sites is 1. The third kappa shape index (κ3) is 4.36. The number of halogens is 1. The minimum atomic E-state index is 0.0612. The van der Waals surface area contributed by atoms with Gasteiger partial charge in [0.1, 0.15) is 5.75 Å². The van der Waals surface area contributed by atoms with Crippen molar-refractivity contribution in [3.63, 3.8) is 0 Å². The largest absolute Gasteiger partial charge is 0.437 e. The Balaban J connectivity index is 1.61. The first-order valence-electron chi connectivity index (χ1n) is 8.08. The fourth-order valence-electron chi connectivity index (χ4n) is 2.58. The van der Waals surface area contributed by atoms with E-state index in [-0.39, 0.29) is 5.91 Å². The summed E-state index contributed by atoms with van der Waals surface area (Å²) in [5.74, 6) is 1.09. The molecule has 1 aliphatic heterocycles.